The van der Waals surface area contributed by atoms with Gasteiger partial charge in [0.2, 0.25) is 0 Å². The fourth-order valence-corrected chi connectivity index (χ4v) is 5.72. The first-order chi connectivity index (χ1) is 21.4. The number of ether oxygens (including phenoxy) is 1. The van der Waals surface area contributed by atoms with E-state index < -0.39 is 56.5 Å². The summed E-state index contributed by atoms with van der Waals surface area (Å²) in [6.45, 7) is 3.99. The number of rotatable bonds is 5. The normalized spacial score (nSPS) is 15.5. The van der Waals surface area contributed by atoms with E-state index in [1.807, 2.05) is 9.62 Å². The Bertz CT molecular complexity index is 1990. The van der Waals surface area contributed by atoms with Crippen molar-refractivity contribution < 1.29 is 30.8 Å². The minimum Gasteiger partial charge on any atom is -0.444 e. The van der Waals surface area contributed by atoms with Gasteiger partial charge >= 0.3 is 6.09 Å². The summed E-state index contributed by atoms with van der Waals surface area (Å²) in [6, 6.07) is 7.88. The minimum absolute atomic E-state index is 0.138. The second kappa shape index (κ2) is 11.2. The van der Waals surface area contributed by atoms with Crippen molar-refractivity contribution >= 4 is 38.5 Å². The number of fused-ring (bicyclic) bond motifs is 1. The Hall–Kier alpha value is -4.59. The number of benzene rings is 2. The van der Waals surface area contributed by atoms with E-state index in [4.69, 9.17) is 8.85 Å². The second-order valence-electron chi connectivity index (χ2n) is 10.9. The highest BCUT2D eigenvalue weighted by atomic mass is 32.2. The number of anilines is 2. The quantitative estimate of drug-likeness (QED) is 0.355. The Morgan fingerprint density at radius 3 is 2.44 bits per heavy atom. The number of nitrogens with one attached hydrogen (secondary N) is 1. The van der Waals surface area contributed by atoms with Crippen molar-refractivity contribution in [3.05, 3.63) is 77.0 Å². The molecule has 0 bridgehead atoms. The second-order valence-corrected chi connectivity index (χ2v) is 12.5. The fourth-order valence-electron chi connectivity index (χ4n) is 4.61. The van der Waals surface area contributed by atoms with Crippen molar-refractivity contribution in [2.75, 3.05) is 35.8 Å². The fraction of sp³-hybridized carbons (Fsp3) is 0.310. The molecule has 1 N–H and O–H groups in total. The SMILES string of the molecule is [2H]C([2H])([2H])n1cc(-c2ccc3ncnc(N4CCN(C(=O)OC(C)(C)C)CC4)c3c2)cc(NS(=O)(=O)c2ccc(F)cc2F)c1=O. The van der Waals surface area contributed by atoms with E-state index in [0.717, 1.165) is 18.3 Å². The number of hydrogen-bond acceptors (Lipinski definition) is 8. The highest BCUT2D eigenvalue weighted by molar-refractivity contribution is 7.92. The average molecular weight is 616 g/mol. The van der Waals surface area contributed by atoms with Gasteiger partial charge in [-0.15, -0.1) is 0 Å². The molecular formula is C29H30F2N6O5S. The Kier molecular flexibility index (Phi) is 6.82. The zero-order chi connectivity index (χ0) is 33.6. The molecular weight excluding hydrogens is 582 g/mol. The monoisotopic (exact) mass is 615 g/mol. The van der Waals surface area contributed by atoms with Crippen LogP contribution in [-0.4, -0.2) is 65.7 Å². The zero-order valence-electron chi connectivity index (χ0n) is 26.5. The van der Waals surface area contributed by atoms with E-state index in [-0.39, 0.29) is 5.56 Å². The predicted octanol–water partition coefficient (Wildman–Crippen LogP) is 4.13. The standard InChI is InChI=1S/C29H30F2N6O5S/c1-29(2,3)42-28(39)37-11-9-36(10-12-37)26-21-13-18(5-7-23(21)32-17-33-26)19-14-24(27(38)35(4)16-19)34-43(40,41)25-8-6-20(30)15-22(25)31/h5-8,13-17,34H,9-12H2,1-4H3/i4D3. The van der Waals surface area contributed by atoms with Crippen molar-refractivity contribution in [3.8, 4) is 11.1 Å². The van der Waals surface area contributed by atoms with Crippen molar-refractivity contribution in [3.63, 3.8) is 0 Å². The summed E-state index contributed by atoms with van der Waals surface area (Å²) in [7, 11) is -4.77. The van der Waals surface area contributed by atoms with Gasteiger partial charge in [0.1, 0.15) is 40.0 Å². The van der Waals surface area contributed by atoms with E-state index in [2.05, 4.69) is 9.97 Å². The van der Waals surface area contributed by atoms with E-state index in [0.29, 0.717) is 65.2 Å². The molecule has 1 aliphatic heterocycles. The average Bonchev–Trinajstić information content (AvgIpc) is 2.96. The van der Waals surface area contributed by atoms with Gasteiger partial charge in [-0.1, -0.05) is 6.07 Å². The van der Waals surface area contributed by atoms with Crippen LogP contribution in [0.15, 0.2) is 64.7 Å². The van der Waals surface area contributed by atoms with E-state index in [1.165, 1.54) is 6.33 Å². The molecule has 0 atom stereocenters. The molecule has 0 spiro atoms. The van der Waals surface area contributed by atoms with Crippen LogP contribution in [0, 0.1) is 11.6 Å². The number of pyridine rings is 1. The van der Waals surface area contributed by atoms with E-state index in [1.54, 1.807) is 43.9 Å². The van der Waals surface area contributed by atoms with Crippen LogP contribution in [0.4, 0.5) is 25.1 Å². The van der Waals surface area contributed by atoms with Gasteiger partial charge in [-0.3, -0.25) is 9.52 Å². The largest absolute Gasteiger partial charge is 0.444 e. The Morgan fingerprint density at radius 1 is 1.02 bits per heavy atom. The molecule has 43 heavy (non-hydrogen) atoms. The lowest BCUT2D eigenvalue weighted by molar-refractivity contribution is 0.0240. The third kappa shape index (κ3) is 6.43. The number of aromatic nitrogens is 3. The molecule has 1 saturated heterocycles. The highest BCUT2D eigenvalue weighted by Gasteiger charge is 2.27. The van der Waals surface area contributed by atoms with Crippen molar-refractivity contribution in [1.82, 2.24) is 19.4 Å². The summed E-state index contributed by atoms with van der Waals surface area (Å²) in [5.74, 6) is -1.85. The van der Waals surface area contributed by atoms with Gasteiger partial charge in [0.05, 0.1) is 5.52 Å². The van der Waals surface area contributed by atoms with Gasteiger partial charge in [-0.25, -0.2) is 32.0 Å². The molecule has 0 aliphatic carbocycles. The summed E-state index contributed by atoms with van der Waals surface area (Å²) in [5, 5.41) is 0.577. The molecule has 5 rings (SSSR count). The molecule has 4 aromatic rings. The number of nitrogens with zero attached hydrogens (tertiary/aromatic N) is 5. The topological polar surface area (TPSA) is 127 Å². The lowest BCUT2D eigenvalue weighted by Gasteiger charge is -2.36. The summed E-state index contributed by atoms with van der Waals surface area (Å²) < 4.78 is 85.2. The first-order valence-corrected chi connectivity index (χ1v) is 14.6. The van der Waals surface area contributed by atoms with Crippen molar-refractivity contribution in [1.29, 1.82) is 0 Å². The number of carbonyl (C=O) groups excluding carboxylic acids is 1. The van der Waals surface area contributed by atoms with Crippen molar-refractivity contribution in [2.45, 2.75) is 31.3 Å². The predicted molar refractivity (Wildman–Crippen MR) is 157 cm³/mol. The number of aryl methyl sites for hydroxylation is 1. The summed E-state index contributed by atoms with van der Waals surface area (Å²) in [5.41, 5.74) is -1.42. The molecule has 226 valence electrons. The molecule has 1 aliphatic rings. The first kappa shape index (κ1) is 26.1. The molecule has 1 fully saturated rings. The van der Waals surface area contributed by atoms with Crippen LogP contribution in [0.2, 0.25) is 0 Å². The molecule has 2 aromatic heterocycles. The zero-order valence-corrected chi connectivity index (χ0v) is 24.3. The van der Waals surface area contributed by atoms with Crippen LogP contribution >= 0.6 is 0 Å². The van der Waals surface area contributed by atoms with Crippen LogP contribution in [0.3, 0.4) is 0 Å². The van der Waals surface area contributed by atoms with Gasteiger partial charge in [-0.2, -0.15) is 0 Å². The molecule has 14 heteroatoms. The van der Waals surface area contributed by atoms with Crippen molar-refractivity contribution in [2.24, 2.45) is 6.98 Å². The molecule has 0 unspecified atom stereocenters. The van der Waals surface area contributed by atoms with Gasteiger partial charge in [0, 0.05) is 60.5 Å². The molecule has 2 aromatic carbocycles. The van der Waals surface area contributed by atoms with Crippen LogP contribution in [0.1, 0.15) is 24.9 Å². The van der Waals surface area contributed by atoms with E-state index >= 15 is 0 Å². The highest BCUT2D eigenvalue weighted by Crippen LogP contribution is 2.30. The smallest absolute Gasteiger partial charge is 0.410 e. The van der Waals surface area contributed by atoms with Gasteiger partial charge < -0.3 is 19.1 Å². The molecule has 0 radical (unpaired) electrons. The Morgan fingerprint density at radius 2 is 1.77 bits per heavy atom. The number of piperazine rings is 1. The maximum Gasteiger partial charge on any atom is 0.410 e. The van der Waals surface area contributed by atoms with Gasteiger partial charge in [0.15, 0.2) is 0 Å². The Balaban J connectivity index is 1.52. The first-order valence-electron chi connectivity index (χ1n) is 14.7. The lowest BCUT2D eigenvalue weighted by atomic mass is 10.0. The lowest BCUT2D eigenvalue weighted by Crippen LogP contribution is -2.50. The summed E-state index contributed by atoms with van der Waals surface area (Å²) >= 11 is 0. The molecule has 3 heterocycles. The Labute approximate surface area is 251 Å². The maximum atomic E-state index is 14.4. The number of carbonyl (C=O) groups is 1. The maximum absolute atomic E-state index is 14.4. The third-order valence-corrected chi connectivity index (χ3v) is 8.02. The minimum atomic E-state index is -4.77. The third-order valence-electron chi connectivity index (χ3n) is 6.62. The van der Waals surface area contributed by atoms with Crippen LogP contribution in [-0.2, 0) is 21.7 Å². The summed E-state index contributed by atoms with van der Waals surface area (Å²) in [6.07, 6.45) is 2.05. The van der Waals surface area contributed by atoms with Crippen LogP contribution in [0.25, 0.3) is 22.0 Å². The van der Waals surface area contributed by atoms with Crippen LogP contribution in [0.5, 0.6) is 0 Å². The number of halogens is 2. The van der Waals surface area contributed by atoms with E-state index in [9.17, 15) is 26.8 Å². The van der Waals surface area contributed by atoms with Gasteiger partial charge in [0.25, 0.3) is 15.6 Å². The molecule has 11 nitrogen and oxygen atoms in total. The van der Waals surface area contributed by atoms with Crippen LogP contribution < -0.4 is 15.2 Å². The molecule has 0 saturated carbocycles. The number of hydrogen-bond donors (Lipinski definition) is 1. The summed E-state index contributed by atoms with van der Waals surface area (Å²) in [4.78, 5) is 37.1. The number of sulfonamides is 1. The molecule has 1 amide bonds. The number of amides is 1. The van der Waals surface area contributed by atoms with Gasteiger partial charge in [-0.05, 0) is 56.7 Å².